The molecule has 1 fully saturated rings. The fourth-order valence-corrected chi connectivity index (χ4v) is 3.65. The Morgan fingerprint density at radius 1 is 1.24 bits per heavy atom. The minimum atomic E-state index is 0.376. The second-order valence-electron chi connectivity index (χ2n) is 7.04. The maximum atomic E-state index is 5.52. The highest BCUT2D eigenvalue weighted by Crippen LogP contribution is 2.17. The first-order valence-electron chi connectivity index (χ1n) is 10.2. The summed E-state index contributed by atoms with van der Waals surface area (Å²) in [7, 11) is 0. The van der Waals surface area contributed by atoms with Gasteiger partial charge in [-0.25, -0.2) is 9.97 Å². The molecule has 0 aliphatic carbocycles. The van der Waals surface area contributed by atoms with E-state index >= 15 is 0 Å². The van der Waals surface area contributed by atoms with Crippen LogP contribution in [0.15, 0.2) is 42.9 Å². The molecule has 1 aromatic heterocycles. The molecule has 3 N–H and O–H groups in total. The van der Waals surface area contributed by atoms with Crippen LogP contribution in [0.25, 0.3) is 0 Å². The van der Waals surface area contributed by atoms with E-state index in [1.54, 1.807) is 6.20 Å². The predicted molar refractivity (Wildman–Crippen MR) is 121 cm³/mol. The van der Waals surface area contributed by atoms with Crippen LogP contribution in [0, 0.1) is 0 Å². The average Bonchev–Trinajstić information content (AvgIpc) is 2.74. The number of anilines is 2. The highest BCUT2D eigenvalue weighted by atomic mass is 32.1. The summed E-state index contributed by atoms with van der Waals surface area (Å²) in [4.78, 5) is 10.9. The van der Waals surface area contributed by atoms with Crippen molar-refractivity contribution in [2.24, 2.45) is 0 Å². The van der Waals surface area contributed by atoms with Crippen LogP contribution in [-0.4, -0.2) is 58.9 Å². The Bertz CT molecular complexity index is 752. The summed E-state index contributed by atoms with van der Waals surface area (Å²) in [6.45, 7) is 7.13. The fourth-order valence-electron chi connectivity index (χ4n) is 3.37. The van der Waals surface area contributed by atoms with Gasteiger partial charge in [-0.2, -0.15) is 0 Å². The van der Waals surface area contributed by atoms with Crippen molar-refractivity contribution in [3.8, 4) is 0 Å². The summed E-state index contributed by atoms with van der Waals surface area (Å²) in [6, 6.07) is 11.0. The van der Waals surface area contributed by atoms with Gasteiger partial charge >= 0.3 is 0 Å². The molecule has 1 aromatic carbocycles. The van der Waals surface area contributed by atoms with Crippen LogP contribution in [0.2, 0.25) is 0 Å². The molecule has 7 nitrogen and oxygen atoms in total. The quantitative estimate of drug-likeness (QED) is 0.427. The summed E-state index contributed by atoms with van der Waals surface area (Å²) in [5.41, 5.74) is 2.13. The number of hydrogen-bond donors (Lipinski definition) is 3. The largest absolute Gasteiger partial charge is 0.380 e. The van der Waals surface area contributed by atoms with Gasteiger partial charge in [0.1, 0.15) is 12.0 Å². The first-order chi connectivity index (χ1) is 14.2. The Labute approximate surface area is 178 Å². The van der Waals surface area contributed by atoms with Crippen molar-refractivity contribution in [3.05, 3.63) is 48.4 Å². The van der Waals surface area contributed by atoms with Gasteiger partial charge in [-0.05, 0) is 37.5 Å². The van der Waals surface area contributed by atoms with Crippen LogP contribution in [0.1, 0.15) is 25.3 Å². The van der Waals surface area contributed by atoms with Gasteiger partial charge < -0.3 is 20.7 Å². The molecule has 0 unspecified atom stereocenters. The van der Waals surface area contributed by atoms with Crippen molar-refractivity contribution in [2.75, 3.05) is 43.5 Å². The van der Waals surface area contributed by atoms with Crippen molar-refractivity contribution >= 4 is 28.8 Å². The van der Waals surface area contributed by atoms with Gasteiger partial charge in [0.25, 0.3) is 0 Å². The number of rotatable bonds is 9. The molecule has 2 aromatic rings. The summed E-state index contributed by atoms with van der Waals surface area (Å²) >= 11 is 5.52. The second kappa shape index (κ2) is 11.6. The summed E-state index contributed by atoms with van der Waals surface area (Å²) in [6.07, 6.45) is 5.39. The van der Waals surface area contributed by atoms with Crippen molar-refractivity contribution in [2.45, 2.75) is 32.4 Å². The van der Waals surface area contributed by atoms with Gasteiger partial charge in [0.05, 0.1) is 12.8 Å². The molecule has 0 spiro atoms. The smallest absolute Gasteiger partial charge is 0.171 e. The van der Waals surface area contributed by atoms with E-state index in [9.17, 15) is 0 Å². The standard InChI is InChI=1S/C21H30N6OS/c1-2-28-13-10-23-20-19(14-22-16-24-20)26-21(29)25-18-8-11-27(12-9-18)15-17-6-4-3-5-7-17/h3-7,14,16,18H,2,8-13,15H2,1H3,(H,22,23,24)(H2,25,26,29). The zero-order valence-electron chi connectivity index (χ0n) is 16.9. The van der Waals surface area contributed by atoms with E-state index in [1.807, 2.05) is 6.92 Å². The maximum Gasteiger partial charge on any atom is 0.171 e. The van der Waals surface area contributed by atoms with E-state index in [2.05, 4.69) is 61.2 Å². The van der Waals surface area contributed by atoms with E-state index in [0.29, 0.717) is 30.9 Å². The zero-order valence-corrected chi connectivity index (χ0v) is 17.8. The van der Waals surface area contributed by atoms with Crippen LogP contribution < -0.4 is 16.0 Å². The molecule has 2 heterocycles. The lowest BCUT2D eigenvalue weighted by Gasteiger charge is -2.33. The first-order valence-corrected chi connectivity index (χ1v) is 10.6. The monoisotopic (exact) mass is 414 g/mol. The van der Waals surface area contributed by atoms with Gasteiger partial charge in [-0.3, -0.25) is 4.90 Å². The highest BCUT2D eigenvalue weighted by molar-refractivity contribution is 7.80. The molecule has 29 heavy (non-hydrogen) atoms. The Morgan fingerprint density at radius 3 is 2.79 bits per heavy atom. The average molecular weight is 415 g/mol. The van der Waals surface area contributed by atoms with Gasteiger partial charge in [-0.1, -0.05) is 30.3 Å². The number of piperidine rings is 1. The number of likely N-dealkylation sites (tertiary alicyclic amines) is 1. The molecule has 1 saturated heterocycles. The van der Waals surface area contributed by atoms with Crippen LogP contribution in [0.5, 0.6) is 0 Å². The molecular weight excluding hydrogens is 384 g/mol. The van der Waals surface area contributed by atoms with Crippen LogP contribution >= 0.6 is 12.2 Å². The van der Waals surface area contributed by atoms with Crippen LogP contribution in [0.3, 0.4) is 0 Å². The number of nitrogens with zero attached hydrogens (tertiary/aromatic N) is 3. The topological polar surface area (TPSA) is 74.3 Å². The molecule has 0 radical (unpaired) electrons. The Hall–Kier alpha value is -2.29. The second-order valence-corrected chi connectivity index (χ2v) is 7.45. The number of thiocarbonyl (C=S) groups is 1. The predicted octanol–water partition coefficient (Wildman–Crippen LogP) is 2.88. The summed E-state index contributed by atoms with van der Waals surface area (Å²) in [5.74, 6) is 0.724. The zero-order chi connectivity index (χ0) is 20.3. The van der Waals surface area contributed by atoms with E-state index in [-0.39, 0.29) is 0 Å². The number of nitrogens with one attached hydrogen (secondary N) is 3. The number of benzene rings is 1. The third-order valence-corrected chi connectivity index (χ3v) is 5.10. The molecule has 3 rings (SSSR count). The lowest BCUT2D eigenvalue weighted by Crippen LogP contribution is -2.45. The van der Waals surface area contributed by atoms with E-state index in [4.69, 9.17) is 17.0 Å². The van der Waals surface area contributed by atoms with Gasteiger partial charge in [0.2, 0.25) is 0 Å². The minimum absolute atomic E-state index is 0.376. The SMILES string of the molecule is CCOCCNc1ncncc1NC(=S)NC1CCN(Cc2ccccc2)CC1. The molecule has 0 amide bonds. The van der Waals surface area contributed by atoms with Crippen molar-refractivity contribution in [1.82, 2.24) is 20.2 Å². The number of ether oxygens (including phenoxy) is 1. The maximum absolute atomic E-state index is 5.52. The van der Waals surface area contributed by atoms with Gasteiger partial charge in [0.15, 0.2) is 10.9 Å². The molecule has 8 heteroatoms. The minimum Gasteiger partial charge on any atom is -0.380 e. The first kappa shape index (κ1) is 21.4. The molecule has 0 atom stereocenters. The lowest BCUT2D eigenvalue weighted by molar-refractivity contribution is 0.158. The lowest BCUT2D eigenvalue weighted by atomic mass is 10.0. The summed E-state index contributed by atoms with van der Waals surface area (Å²) in [5, 5.41) is 10.5. The van der Waals surface area contributed by atoms with Gasteiger partial charge in [-0.15, -0.1) is 0 Å². The van der Waals surface area contributed by atoms with E-state index in [0.717, 1.165) is 44.0 Å². The molecule has 1 aliphatic rings. The normalized spacial score (nSPS) is 15.1. The number of aromatic nitrogens is 2. The highest BCUT2D eigenvalue weighted by Gasteiger charge is 2.20. The van der Waals surface area contributed by atoms with Crippen molar-refractivity contribution < 1.29 is 4.74 Å². The Morgan fingerprint density at radius 2 is 2.03 bits per heavy atom. The van der Waals surface area contributed by atoms with Crippen LogP contribution in [-0.2, 0) is 11.3 Å². The van der Waals surface area contributed by atoms with Crippen LogP contribution in [0.4, 0.5) is 11.5 Å². The molecule has 0 bridgehead atoms. The molecule has 1 aliphatic heterocycles. The van der Waals surface area contributed by atoms with Crippen molar-refractivity contribution in [3.63, 3.8) is 0 Å². The fraction of sp³-hybridized carbons (Fsp3) is 0.476. The van der Waals surface area contributed by atoms with Crippen molar-refractivity contribution in [1.29, 1.82) is 0 Å². The van der Waals surface area contributed by atoms with Gasteiger partial charge in [0, 0.05) is 38.8 Å². The Kier molecular flexibility index (Phi) is 8.60. The summed E-state index contributed by atoms with van der Waals surface area (Å²) < 4.78 is 5.35. The van der Waals surface area contributed by atoms with E-state index < -0.39 is 0 Å². The third-order valence-electron chi connectivity index (χ3n) is 4.88. The molecule has 0 saturated carbocycles. The Balaban J connectivity index is 1.42. The molecule has 156 valence electrons. The number of hydrogen-bond acceptors (Lipinski definition) is 6. The van der Waals surface area contributed by atoms with E-state index in [1.165, 1.54) is 11.9 Å². The third kappa shape index (κ3) is 7.23. The molecular formula is C21H30N6OS.